The number of carbonyl (C=O) groups excluding carboxylic acids is 2. The van der Waals surface area contributed by atoms with E-state index >= 15 is 0 Å². The minimum absolute atomic E-state index is 0.0587. The van der Waals surface area contributed by atoms with Gasteiger partial charge in [0.25, 0.3) is 0 Å². The molecule has 0 unspecified atom stereocenters. The van der Waals surface area contributed by atoms with Gasteiger partial charge < -0.3 is 15.8 Å². The zero-order valence-corrected chi connectivity index (χ0v) is 10.9. The number of benzene rings is 1. The lowest BCUT2D eigenvalue weighted by Gasteiger charge is -2.13. The van der Waals surface area contributed by atoms with Gasteiger partial charge >= 0.3 is 5.97 Å². The lowest BCUT2D eigenvalue weighted by atomic mass is 10.1. The molecular formula is C13H17FN2O3. The van der Waals surface area contributed by atoms with Gasteiger partial charge in [-0.2, -0.15) is 0 Å². The highest BCUT2D eigenvalue weighted by Gasteiger charge is 2.18. The van der Waals surface area contributed by atoms with Crippen LogP contribution in [0.25, 0.3) is 0 Å². The lowest BCUT2D eigenvalue weighted by molar-refractivity contribution is -0.117. The summed E-state index contributed by atoms with van der Waals surface area (Å²) in [7, 11) is 1.21. The smallest absolute Gasteiger partial charge is 0.339 e. The molecule has 0 aliphatic heterocycles. The maximum atomic E-state index is 13.2. The number of methoxy groups -OCH3 is 1. The summed E-state index contributed by atoms with van der Waals surface area (Å²) in [5.41, 5.74) is 5.79. The van der Waals surface area contributed by atoms with Crippen LogP contribution in [0.2, 0.25) is 0 Å². The van der Waals surface area contributed by atoms with Crippen molar-refractivity contribution in [2.75, 3.05) is 12.4 Å². The first kappa shape index (κ1) is 15.1. The highest BCUT2D eigenvalue weighted by atomic mass is 19.1. The molecule has 0 spiro atoms. The molecule has 0 aliphatic rings. The normalized spacial score (nSPS) is 11.8. The van der Waals surface area contributed by atoms with Crippen molar-refractivity contribution >= 4 is 17.6 Å². The predicted octanol–water partition coefficient (Wildman–Crippen LogP) is 1.68. The average Bonchev–Trinajstić information content (AvgIpc) is 2.38. The molecule has 19 heavy (non-hydrogen) atoms. The number of esters is 1. The van der Waals surface area contributed by atoms with Crippen molar-refractivity contribution in [3.63, 3.8) is 0 Å². The molecule has 5 nitrogen and oxygen atoms in total. The molecule has 0 fully saturated rings. The minimum atomic E-state index is -0.696. The Morgan fingerprint density at radius 2 is 2.16 bits per heavy atom. The second-order valence-corrected chi connectivity index (χ2v) is 4.07. The van der Waals surface area contributed by atoms with E-state index in [1.165, 1.54) is 13.2 Å². The summed E-state index contributed by atoms with van der Waals surface area (Å²) in [5, 5.41) is 2.45. The average molecular weight is 268 g/mol. The van der Waals surface area contributed by atoms with E-state index < -0.39 is 23.7 Å². The zero-order valence-electron chi connectivity index (χ0n) is 10.9. The molecule has 1 atom stereocenters. The van der Waals surface area contributed by atoms with Crippen LogP contribution in [-0.2, 0) is 9.53 Å². The molecule has 0 saturated heterocycles. The van der Waals surface area contributed by atoms with Gasteiger partial charge in [-0.15, -0.1) is 0 Å². The molecule has 104 valence electrons. The Labute approximate surface area is 110 Å². The topological polar surface area (TPSA) is 81.4 Å². The maximum Gasteiger partial charge on any atom is 0.339 e. The summed E-state index contributed by atoms with van der Waals surface area (Å²) in [6.07, 6.45) is 1.26. The maximum absolute atomic E-state index is 13.2. The summed E-state index contributed by atoms with van der Waals surface area (Å²) >= 11 is 0. The molecule has 0 radical (unpaired) electrons. The number of nitrogens with one attached hydrogen (secondary N) is 1. The van der Waals surface area contributed by atoms with Crippen molar-refractivity contribution in [3.8, 4) is 0 Å². The lowest BCUT2D eigenvalue weighted by Crippen LogP contribution is -2.35. The molecule has 1 rings (SSSR count). The SMILES string of the molecule is CCC[C@@H](N)C(=O)Nc1cc(F)ccc1C(=O)OC. The first-order valence-electron chi connectivity index (χ1n) is 5.94. The summed E-state index contributed by atoms with van der Waals surface area (Å²) < 4.78 is 17.7. The largest absolute Gasteiger partial charge is 0.465 e. The summed E-state index contributed by atoms with van der Waals surface area (Å²) in [6.45, 7) is 1.90. The van der Waals surface area contributed by atoms with E-state index in [0.29, 0.717) is 6.42 Å². The van der Waals surface area contributed by atoms with Crippen LogP contribution in [0.1, 0.15) is 30.1 Å². The number of halogens is 1. The van der Waals surface area contributed by atoms with E-state index in [2.05, 4.69) is 10.1 Å². The van der Waals surface area contributed by atoms with Crippen molar-refractivity contribution in [3.05, 3.63) is 29.6 Å². The molecule has 0 bridgehead atoms. The molecule has 1 aromatic carbocycles. The van der Waals surface area contributed by atoms with E-state index in [9.17, 15) is 14.0 Å². The first-order chi connectivity index (χ1) is 8.99. The van der Waals surface area contributed by atoms with Gasteiger partial charge in [0, 0.05) is 0 Å². The van der Waals surface area contributed by atoms with Crippen LogP contribution >= 0.6 is 0 Å². The predicted molar refractivity (Wildman–Crippen MR) is 69.3 cm³/mol. The fourth-order valence-electron chi connectivity index (χ4n) is 1.58. The highest BCUT2D eigenvalue weighted by molar-refractivity contribution is 6.02. The number of hydrogen-bond acceptors (Lipinski definition) is 4. The van der Waals surface area contributed by atoms with E-state index in [1.807, 2.05) is 6.92 Å². The third kappa shape index (κ3) is 4.03. The van der Waals surface area contributed by atoms with Crippen LogP contribution < -0.4 is 11.1 Å². The van der Waals surface area contributed by atoms with Crippen molar-refractivity contribution in [2.45, 2.75) is 25.8 Å². The van der Waals surface area contributed by atoms with Gasteiger partial charge in [-0.25, -0.2) is 9.18 Å². The second-order valence-electron chi connectivity index (χ2n) is 4.07. The van der Waals surface area contributed by atoms with Crippen LogP contribution in [0, 0.1) is 5.82 Å². The van der Waals surface area contributed by atoms with Crippen LogP contribution in [0.5, 0.6) is 0 Å². The Morgan fingerprint density at radius 1 is 1.47 bits per heavy atom. The molecule has 1 amide bonds. The van der Waals surface area contributed by atoms with Gasteiger partial charge in [0.2, 0.25) is 5.91 Å². The molecule has 0 saturated carbocycles. The number of amides is 1. The number of carbonyl (C=O) groups is 2. The van der Waals surface area contributed by atoms with E-state index in [1.54, 1.807) is 0 Å². The Kier molecular flexibility index (Phi) is 5.44. The van der Waals surface area contributed by atoms with Crippen molar-refractivity contribution < 1.29 is 18.7 Å². The Balaban J connectivity index is 2.96. The van der Waals surface area contributed by atoms with E-state index in [0.717, 1.165) is 18.6 Å². The molecule has 0 aromatic heterocycles. The highest BCUT2D eigenvalue weighted by Crippen LogP contribution is 2.18. The summed E-state index contributed by atoms with van der Waals surface area (Å²) in [4.78, 5) is 23.3. The monoisotopic (exact) mass is 268 g/mol. The standard InChI is InChI=1S/C13H17FN2O3/c1-3-4-10(15)12(17)16-11-7-8(14)5-6-9(11)13(18)19-2/h5-7,10H,3-4,15H2,1-2H3,(H,16,17)/t10-/m1/s1. The molecule has 6 heteroatoms. The van der Waals surface area contributed by atoms with Gasteiger partial charge in [0.1, 0.15) is 5.82 Å². The quantitative estimate of drug-likeness (QED) is 0.796. The Morgan fingerprint density at radius 3 is 2.74 bits per heavy atom. The molecule has 0 aliphatic carbocycles. The first-order valence-corrected chi connectivity index (χ1v) is 5.94. The van der Waals surface area contributed by atoms with Crippen LogP contribution in [0.15, 0.2) is 18.2 Å². The molecular weight excluding hydrogens is 251 g/mol. The Bertz CT molecular complexity index is 477. The van der Waals surface area contributed by atoms with Gasteiger partial charge in [-0.1, -0.05) is 13.3 Å². The van der Waals surface area contributed by atoms with E-state index in [-0.39, 0.29) is 11.3 Å². The molecule has 3 N–H and O–H groups in total. The van der Waals surface area contributed by atoms with Crippen LogP contribution in [0.3, 0.4) is 0 Å². The summed E-state index contributed by atoms with van der Waals surface area (Å²) in [5.74, 6) is -1.68. The van der Waals surface area contributed by atoms with Crippen molar-refractivity contribution in [1.29, 1.82) is 0 Å². The van der Waals surface area contributed by atoms with Crippen molar-refractivity contribution in [1.82, 2.24) is 0 Å². The Hall–Kier alpha value is -1.95. The fraction of sp³-hybridized carbons (Fsp3) is 0.385. The molecule has 1 aromatic rings. The minimum Gasteiger partial charge on any atom is -0.465 e. The second kappa shape index (κ2) is 6.84. The number of hydrogen-bond donors (Lipinski definition) is 2. The third-order valence-corrected chi connectivity index (χ3v) is 2.58. The van der Waals surface area contributed by atoms with Gasteiger partial charge in [-0.05, 0) is 24.6 Å². The number of anilines is 1. The third-order valence-electron chi connectivity index (χ3n) is 2.58. The van der Waals surface area contributed by atoms with Crippen molar-refractivity contribution in [2.24, 2.45) is 5.73 Å². The number of nitrogens with two attached hydrogens (primary N) is 1. The summed E-state index contributed by atoms with van der Waals surface area (Å²) in [6, 6.07) is 2.73. The fourth-order valence-corrected chi connectivity index (χ4v) is 1.58. The van der Waals surface area contributed by atoms with Gasteiger partial charge in [0.05, 0.1) is 24.4 Å². The van der Waals surface area contributed by atoms with E-state index in [4.69, 9.17) is 5.73 Å². The van der Waals surface area contributed by atoms with Gasteiger partial charge in [0.15, 0.2) is 0 Å². The van der Waals surface area contributed by atoms with Gasteiger partial charge in [-0.3, -0.25) is 4.79 Å². The number of ether oxygens (including phenoxy) is 1. The van der Waals surface area contributed by atoms with Crippen LogP contribution in [0.4, 0.5) is 10.1 Å². The molecule has 0 heterocycles. The zero-order chi connectivity index (χ0) is 14.4. The number of rotatable bonds is 5. The van der Waals surface area contributed by atoms with Crippen LogP contribution in [-0.4, -0.2) is 25.0 Å².